The maximum Gasteiger partial charge on any atom is 0.254 e. The largest absolute Gasteiger partial charge is 0.353 e. The van der Waals surface area contributed by atoms with Crippen LogP contribution in [0.25, 0.3) is 0 Å². The molecule has 28 heavy (non-hydrogen) atoms. The number of anilines is 2. The van der Waals surface area contributed by atoms with Crippen molar-refractivity contribution in [3.8, 4) is 0 Å². The molecular weight excluding hydrogens is 352 g/mol. The summed E-state index contributed by atoms with van der Waals surface area (Å²) in [5, 5.41) is 2.88. The third-order valence-corrected chi connectivity index (χ3v) is 4.95. The summed E-state index contributed by atoms with van der Waals surface area (Å²) < 4.78 is 0. The molecule has 1 saturated heterocycles. The number of nitrogens with one attached hydrogen (secondary N) is 1. The van der Waals surface area contributed by atoms with Gasteiger partial charge in [0.25, 0.3) is 5.91 Å². The van der Waals surface area contributed by atoms with Crippen LogP contribution in [-0.4, -0.2) is 47.9 Å². The van der Waals surface area contributed by atoms with Crippen LogP contribution in [0, 0.1) is 12.3 Å². The SMILES string of the molecule is Cc1ccccc1C(=O)N1CCN(c2ccc(NC(=O)C(C)(C)C)cn2)CC1. The quantitative estimate of drug-likeness (QED) is 0.887. The Kier molecular flexibility index (Phi) is 5.68. The summed E-state index contributed by atoms with van der Waals surface area (Å²) in [6.07, 6.45) is 1.68. The van der Waals surface area contributed by atoms with Gasteiger partial charge in [0.1, 0.15) is 5.82 Å². The van der Waals surface area contributed by atoms with Gasteiger partial charge < -0.3 is 15.1 Å². The van der Waals surface area contributed by atoms with Crippen LogP contribution >= 0.6 is 0 Å². The molecule has 2 heterocycles. The Hall–Kier alpha value is -2.89. The number of nitrogens with zero attached hydrogens (tertiary/aromatic N) is 3. The van der Waals surface area contributed by atoms with Crippen LogP contribution < -0.4 is 10.2 Å². The second kappa shape index (κ2) is 8.00. The molecule has 0 unspecified atom stereocenters. The Labute approximate surface area is 166 Å². The Morgan fingerprint density at radius 1 is 1.00 bits per heavy atom. The third-order valence-electron chi connectivity index (χ3n) is 4.95. The van der Waals surface area contributed by atoms with Gasteiger partial charge in [-0.2, -0.15) is 0 Å². The molecule has 1 N–H and O–H groups in total. The number of carbonyl (C=O) groups is 2. The number of aryl methyl sites for hydroxylation is 1. The van der Waals surface area contributed by atoms with Crippen LogP contribution in [0.4, 0.5) is 11.5 Å². The number of amides is 2. The van der Waals surface area contributed by atoms with Gasteiger partial charge in [-0.15, -0.1) is 0 Å². The van der Waals surface area contributed by atoms with Crippen molar-refractivity contribution in [1.29, 1.82) is 0 Å². The predicted octanol–water partition coefficient (Wildman–Crippen LogP) is 3.34. The molecule has 0 atom stereocenters. The predicted molar refractivity (Wildman–Crippen MR) is 112 cm³/mol. The summed E-state index contributed by atoms with van der Waals surface area (Å²) in [6, 6.07) is 11.5. The van der Waals surface area contributed by atoms with E-state index in [-0.39, 0.29) is 11.8 Å². The number of aromatic nitrogens is 1. The van der Waals surface area contributed by atoms with Crippen molar-refractivity contribution in [1.82, 2.24) is 9.88 Å². The summed E-state index contributed by atoms with van der Waals surface area (Å²) in [5.74, 6) is 0.910. The molecule has 0 radical (unpaired) electrons. The fraction of sp³-hybridized carbons (Fsp3) is 0.409. The fourth-order valence-corrected chi connectivity index (χ4v) is 3.09. The summed E-state index contributed by atoms with van der Waals surface area (Å²) in [4.78, 5) is 33.4. The van der Waals surface area contributed by atoms with E-state index in [9.17, 15) is 9.59 Å². The molecular formula is C22H28N4O2. The van der Waals surface area contributed by atoms with Gasteiger partial charge in [0.15, 0.2) is 0 Å². The van der Waals surface area contributed by atoms with Crippen molar-refractivity contribution in [3.63, 3.8) is 0 Å². The van der Waals surface area contributed by atoms with Crippen molar-refractivity contribution in [3.05, 3.63) is 53.7 Å². The summed E-state index contributed by atoms with van der Waals surface area (Å²) in [6.45, 7) is 10.4. The first-order chi connectivity index (χ1) is 13.3. The van der Waals surface area contributed by atoms with E-state index >= 15 is 0 Å². The van der Waals surface area contributed by atoms with Crippen LogP contribution in [0.3, 0.4) is 0 Å². The van der Waals surface area contributed by atoms with Gasteiger partial charge in [-0.25, -0.2) is 4.98 Å². The van der Waals surface area contributed by atoms with E-state index < -0.39 is 5.41 Å². The Balaban J connectivity index is 1.58. The maximum atomic E-state index is 12.7. The topological polar surface area (TPSA) is 65.5 Å². The van der Waals surface area contributed by atoms with Crippen LogP contribution in [0.2, 0.25) is 0 Å². The number of carbonyl (C=O) groups excluding carboxylic acids is 2. The first kappa shape index (κ1) is 19.9. The molecule has 1 fully saturated rings. The zero-order valence-corrected chi connectivity index (χ0v) is 17.0. The van der Waals surface area contributed by atoms with Crippen LogP contribution in [-0.2, 0) is 4.79 Å². The highest BCUT2D eigenvalue weighted by molar-refractivity contribution is 5.96. The second-order valence-corrected chi connectivity index (χ2v) is 8.20. The molecule has 6 nitrogen and oxygen atoms in total. The van der Waals surface area contributed by atoms with Crippen LogP contribution in [0.1, 0.15) is 36.7 Å². The number of hydrogen-bond donors (Lipinski definition) is 1. The van der Waals surface area contributed by atoms with Crippen molar-refractivity contribution in [2.75, 3.05) is 36.4 Å². The highest BCUT2D eigenvalue weighted by Crippen LogP contribution is 2.20. The smallest absolute Gasteiger partial charge is 0.254 e. The van der Waals surface area contributed by atoms with E-state index in [4.69, 9.17) is 0 Å². The standard InChI is InChI=1S/C22H28N4O2/c1-16-7-5-6-8-18(16)20(27)26-13-11-25(12-14-26)19-10-9-17(15-23-19)24-21(28)22(2,3)4/h5-10,15H,11-14H2,1-4H3,(H,24,28). The van der Waals surface area contributed by atoms with Crippen molar-refractivity contribution in [2.45, 2.75) is 27.7 Å². The lowest BCUT2D eigenvalue weighted by molar-refractivity contribution is -0.123. The summed E-state index contributed by atoms with van der Waals surface area (Å²) >= 11 is 0. The minimum atomic E-state index is -0.446. The fourth-order valence-electron chi connectivity index (χ4n) is 3.09. The number of piperazine rings is 1. The van der Waals surface area contributed by atoms with Gasteiger partial charge in [0.05, 0.1) is 11.9 Å². The molecule has 1 aliphatic rings. The molecule has 0 aliphatic carbocycles. The second-order valence-electron chi connectivity index (χ2n) is 8.20. The molecule has 1 aliphatic heterocycles. The minimum absolute atomic E-state index is 0.0367. The zero-order valence-electron chi connectivity index (χ0n) is 17.0. The Bertz CT molecular complexity index is 848. The summed E-state index contributed by atoms with van der Waals surface area (Å²) in [7, 11) is 0. The molecule has 0 spiro atoms. The molecule has 6 heteroatoms. The van der Waals surface area contributed by atoms with Gasteiger partial charge in [0.2, 0.25) is 5.91 Å². The van der Waals surface area contributed by atoms with Crippen molar-refractivity contribution < 1.29 is 9.59 Å². The van der Waals surface area contributed by atoms with E-state index in [0.717, 1.165) is 30.0 Å². The molecule has 148 valence electrons. The normalized spacial score (nSPS) is 14.7. The first-order valence-corrected chi connectivity index (χ1v) is 9.63. The first-order valence-electron chi connectivity index (χ1n) is 9.63. The van der Waals surface area contributed by atoms with Gasteiger partial charge in [-0.3, -0.25) is 9.59 Å². The zero-order chi connectivity index (χ0) is 20.3. The van der Waals surface area contributed by atoms with Crippen LogP contribution in [0.5, 0.6) is 0 Å². The van der Waals surface area contributed by atoms with Crippen molar-refractivity contribution in [2.24, 2.45) is 5.41 Å². The number of pyridine rings is 1. The van der Waals surface area contributed by atoms with Gasteiger partial charge in [-0.1, -0.05) is 39.0 Å². The lowest BCUT2D eigenvalue weighted by atomic mass is 9.96. The highest BCUT2D eigenvalue weighted by Gasteiger charge is 2.24. The molecule has 3 rings (SSSR count). The maximum absolute atomic E-state index is 12.7. The monoisotopic (exact) mass is 380 g/mol. The average molecular weight is 380 g/mol. The van der Waals surface area contributed by atoms with Crippen molar-refractivity contribution >= 4 is 23.3 Å². The average Bonchev–Trinajstić information content (AvgIpc) is 2.68. The molecule has 2 aromatic rings. The third kappa shape index (κ3) is 4.50. The van der Waals surface area contributed by atoms with E-state index in [2.05, 4.69) is 15.2 Å². The van der Waals surface area contributed by atoms with Crippen LogP contribution in [0.15, 0.2) is 42.6 Å². The molecule has 2 amide bonds. The molecule has 1 aromatic carbocycles. The van der Waals surface area contributed by atoms with E-state index in [1.165, 1.54) is 0 Å². The lowest BCUT2D eigenvalue weighted by Gasteiger charge is -2.35. The Morgan fingerprint density at radius 3 is 2.25 bits per heavy atom. The van der Waals surface area contributed by atoms with Gasteiger partial charge >= 0.3 is 0 Å². The number of benzene rings is 1. The minimum Gasteiger partial charge on any atom is -0.353 e. The van der Waals surface area contributed by atoms with E-state index in [1.54, 1.807) is 6.20 Å². The molecule has 1 aromatic heterocycles. The number of rotatable bonds is 3. The van der Waals surface area contributed by atoms with E-state index in [0.29, 0.717) is 18.8 Å². The lowest BCUT2D eigenvalue weighted by Crippen LogP contribution is -2.49. The van der Waals surface area contributed by atoms with Gasteiger partial charge in [-0.05, 0) is 30.7 Å². The summed E-state index contributed by atoms with van der Waals surface area (Å²) in [5.41, 5.74) is 2.02. The number of hydrogen-bond acceptors (Lipinski definition) is 4. The highest BCUT2D eigenvalue weighted by atomic mass is 16.2. The Morgan fingerprint density at radius 2 is 1.68 bits per heavy atom. The van der Waals surface area contributed by atoms with Gasteiger partial charge in [0, 0.05) is 37.2 Å². The molecule has 0 saturated carbocycles. The van der Waals surface area contributed by atoms with E-state index in [1.807, 2.05) is 69.0 Å². The molecule has 0 bridgehead atoms.